The van der Waals surface area contributed by atoms with Gasteiger partial charge in [0.1, 0.15) is 12.4 Å². The van der Waals surface area contributed by atoms with E-state index in [1.54, 1.807) is 13.8 Å². The number of carbonyl (C=O) groups excluding carboxylic acids is 3. The molecule has 1 unspecified atom stereocenters. The van der Waals surface area contributed by atoms with E-state index in [0.29, 0.717) is 0 Å². The molecule has 0 aliphatic heterocycles. The fourth-order valence-corrected chi connectivity index (χ4v) is 0.945. The molecule has 0 saturated carbocycles. The van der Waals surface area contributed by atoms with E-state index in [9.17, 15) is 14.4 Å². The summed E-state index contributed by atoms with van der Waals surface area (Å²) in [5.41, 5.74) is -1.12. The Balaban J connectivity index is 4.30. The lowest BCUT2D eigenvalue weighted by Crippen LogP contribution is -2.35. The second-order valence-corrected chi connectivity index (χ2v) is 4.70. The number of ketones is 1. The third-order valence-electron chi connectivity index (χ3n) is 2.44. The normalized spacial score (nSPS) is 14.2. The molecule has 0 spiro atoms. The second kappa shape index (κ2) is 7.68. The number of esters is 2. The van der Waals surface area contributed by atoms with Crippen molar-refractivity contribution in [1.82, 2.24) is 0 Å². The Labute approximate surface area is 112 Å². The smallest absolute Gasteiger partial charge is 0.331 e. The van der Waals surface area contributed by atoms with E-state index in [1.165, 1.54) is 13.8 Å². The van der Waals surface area contributed by atoms with Crippen molar-refractivity contribution in [1.29, 1.82) is 0 Å². The highest BCUT2D eigenvalue weighted by Gasteiger charge is 2.30. The number of ether oxygens (including phenoxy) is 2. The highest BCUT2D eigenvalue weighted by Crippen LogP contribution is 2.17. The van der Waals surface area contributed by atoms with E-state index in [0.717, 1.165) is 12.2 Å². The summed E-state index contributed by atoms with van der Waals surface area (Å²) in [6.45, 7) is 5.49. The lowest BCUT2D eigenvalue weighted by atomic mass is 9.88. The van der Waals surface area contributed by atoms with Crippen LogP contribution in [0, 0.1) is 5.41 Å². The van der Waals surface area contributed by atoms with Gasteiger partial charge in [0, 0.05) is 12.2 Å². The summed E-state index contributed by atoms with van der Waals surface area (Å²) in [6.07, 6.45) is 1.60. The van der Waals surface area contributed by atoms with Gasteiger partial charge >= 0.3 is 11.9 Å². The van der Waals surface area contributed by atoms with Gasteiger partial charge in [-0.3, -0.25) is 4.79 Å². The Morgan fingerprint density at radius 1 is 1.21 bits per heavy atom. The van der Waals surface area contributed by atoms with Crippen molar-refractivity contribution >= 4 is 17.7 Å². The molecule has 6 nitrogen and oxygen atoms in total. The van der Waals surface area contributed by atoms with E-state index in [1.807, 2.05) is 0 Å². The molecule has 0 heterocycles. The molecule has 0 aliphatic carbocycles. The SMILES string of the molecule is CC(=O)C(C)(CO)COC(=O)/C=C/C(=O)OC(C)C. The molecule has 0 amide bonds. The van der Waals surface area contributed by atoms with Crippen LogP contribution < -0.4 is 0 Å². The summed E-state index contributed by atoms with van der Waals surface area (Å²) in [7, 11) is 0. The Kier molecular flexibility index (Phi) is 7.00. The number of rotatable bonds is 7. The van der Waals surface area contributed by atoms with Crippen LogP contribution in [0.1, 0.15) is 27.7 Å². The van der Waals surface area contributed by atoms with Crippen LogP contribution in [-0.2, 0) is 23.9 Å². The first-order valence-corrected chi connectivity index (χ1v) is 5.88. The minimum Gasteiger partial charge on any atom is -0.461 e. The fourth-order valence-electron chi connectivity index (χ4n) is 0.945. The number of aliphatic hydroxyl groups excluding tert-OH is 1. The first-order valence-electron chi connectivity index (χ1n) is 5.88. The van der Waals surface area contributed by atoms with Gasteiger partial charge in [0.05, 0.1) is 18.1 Å². The summed E-state index contributed by atoms with van der Waals surface area (Å²) in [4.78, 5) is 33.7. The summed E-state index contributed by atoms with van der Waals surface area (Å²) < 4.78 is 9.58. The summed E-state index contributed by atoms with van der Waals surface area (Å²) in [5.74, 6) is -1.71. The lowest BCUT2D eigenvalue weighted by Gasteiger charge is -2.22. The predicted octanol–water partition coefficient (Wildman–Crippen LogP) is 0.625. The van der Waals surface area contributed by atoms with Crippen LogP contribution in [0.2, 0.25) is 0 Å². The zero-order valence-corrected chi connectivity index (χ0v) is 11.6. The van der Waals surface area contributed by atoms with Crippen LogP contribution in [0.15, 0.2) is 12.2 Å². The Hall–Kier alpha value is -1.69. The van der Waals surface area contributed by atoms with E-state index in [4.69, 9.17) is 14.6 Å². The standard InChI is InChI=1S/C13H20O6/c1-9(2)19-12(17)6-5-11(16)18-8-13(4,7-14)10(3)15/h5-6,9,14H,7-8H2,1-4H3/b6-5+. The minimum atomic E-state index is -1.12. The summed E-state index contributed by atoms with van der Waals surface area (Å²) >= 11 is 0. The molecule has 19 heavy (non-hydrogen) atoms. The Bertz CT molecular complexity index is 371. The van der Waals surface area contributed by atoms with Crippen LogP contribution in [0.4, 0.5) is 0 Å². The van der Waals surface area contributed by atoms with Gasteiger partial charge in [-0.2, -0.15) is 0 Å². The van der Waals surface area contributed by atoms with Gasteiger partial charge in [-0.15, -0.1) is 0 Å². The molecule has 0 bridgehead atoms. The van der Waals surface area contributed by atoms with Crippen molar-refractivity contribution in [2.24, 2.45) is 5.41 Å². The third-order valence-corrected chi connectivity index (χ3v) is 2.44. The topological polar surface area (TPSA) is 89.9 Å². The Morgan fingerprint density at radius 2 is 1.74 bits per heavy atom. The lowest BCUT2D eigenvalue weighted by molar-refractivity contribution is -0.147. The van der Waals surface area contributed by atoms with Gasteiger partial charge in [0.15, 0.2) is 0 Å². The Morgan fingerprint density at radius 3 is 2.16 bits per heavy atom. The number of Topliss-reactive ketones (excluding diaryl/α,β-unsaturated/α-hetero) is 1. The highest BCUT2D eigenvalue weighted by molar-refractivity contribution is 5.92. The van der Waals surface area contributed by atoms with Crippen LogP contribution in [0.3, 0.4) is 0 Å². The molecule has 108 valence electrons. The van der Waals surface area contributed by atoms with Crippen molar-refractivity contribution in [3.63, 3.8) is 0 Å². The highest BCUT2D eigenvalue weighted by atomic mass is 16.5. The number of carbonyl (C=O) groups is 3. The molecule has 0 aliphatic rings. The molecule has 0 aromatic carbocycles. The minimum absolute atomic E-state index is 0.249. The van der Waals surface area contributed by atoms with Crippen molar-refractivity contribution in [2.45, 2.75) is 33.8 Å². The zero-order valence-electron chi connectivity index (χ0n) is 11.6. The monoisotopic (exact) mass is 272 g/mol. The number of hydrogen-bond acceptors (Lipinski definition) is 6. The molecule has 0 aromatic rings. The van der Waals surface area contributed by atoms with E-state index < -0.39 is 24.0 Å². The fraction of sp³-hybridized carbons (Fsp3) is 0.615. The molecule has 0 radical (unpaired) electrons. The van der Waals surface area contributed by atoms with Gasteiger partial charge in [0.2, 0.25) is 0 Å². The van der Waals surface area contributed by atoms with Crippen LogP contribution in [-0.4, -0.2) is 42.1 Å². The molecule has 1 atom stereocenters. The van der Waals surface area contributed by atoms with Gasteiger partial charge in [-0.05, 0) is 27.7 Å². The molecule has 6 heteroatoms. The van der Waals surface area contributed by atoms with Crippen molar-refractivity contribution in [3.8, 4) is 0 Å². The van der Waals surface area contributed by atoms with Gasteiger partial charge < -0.3 is 14.6 Å². The van der Waals surface area contributed by atoms with Crippen LogP contribution in [0.25, 0.3) is 0 Å². The maximum Gasteiger partial charge on any atom is 0.331 e. The average Bonchev–Trinajstić information content (AvgIpc) is 2.32. The van der Waals surface area contributed by atoms with E-state index in [2.05, 4.69) is 0 Å². The summed E-state index contributed by atoms with van der Waals surface area (Å²) in [5, 5.41) is 9.08. The van der Waals surface area contributed by atoms with E-state index >= 15 is 0 Å². The molecule has 0 rings (SSSR count). The molecule has 0 saturated heterocycles. The predicted molar refractivity (Wildman–Crippen MR) is 67.2 cm³/mol. The molecule has 0 aromatic heterocycles. The van der Waals surface area contributed by atoms with Crippen molar-refractivity contribution in [2.75, 3.05) is 13.2 Å². The molecule has 0 fully saturated rings. The summed E-state index contributed by atoms with van der Waals surface area (Å²) in [6, 6.07) is 0. The van der Waals surface area contributed by atoms with Crippen molar-refractivity contribution < 1.29 is 29.0 Å². The largest absolute Gasteiger partial charge is 0.461 e. The average molecular weight is 272 g/mol. The molecule has 1 N–H and O–H groups in total. The van der Waals surface area contributed by atoms with Crippen LogP contribution >= 0.6 is 0 Å². The van der Waals surface area contributed by atoms with Crippen molar-refractivity contribution in [3.05, 3.63) is 12.2 Å². The number of aliphatic hydroxyl groups is 1. The molecular formula is C13H20O6. The zero-order chi connectivity index (χ0) is 15.1. The third kappa shape index (κ3) is 6.71. The van der Waals surface area contributed by atoms with Crippen LogP contribution in [0.5, 0.6) is 0 Å². The second-order valence-electron chi connectivity index (χ2n) is 4.70. The van der Waals surface area contributed by atoms with Gasteiger partial charge in [0.25, 0.3) is 0 Å². The van der Waals surface area contributed by atoms with Gasteiger partial charge in [-0.1, -0.05) is 0 Å². The van der Waals surface area contributed by atoms with E-state index in [-0.39, 0.29) is 18.5 Å². The van der Waals surface area contributed by atoms with Gasteiger partial charge in [-0.25, -0.2) is 9.59 Å². The first kappa shape index (κ1) is 17.3. The molecular weight excluding hydrogens is 252 g/mol. The quantitative estimate of drug-likeness (QED) is 0.540. The maximum absolute atomic E-state index is 11.3. The number of hydrogen-bond donors (Lipinski definition) is 1. The first-order chi connectivity index (χ1) is 8.71. The maximum atomic E-state index is 11.3.